The maximum atomic E-state index is 13.3. The monoisotopic (exact) mass is 233 g/mol. The Morgan fingerprint density at radius 1 is 1.06 bits per heavy atom. The molecule has 17 heavy (non-hydrogen) atoms. The summed E-state index contributed by atoms with van der Waals surface area (Å²) in [6, 6.07) is 10.6. The van der Waals surface area contributed by atoms with Gasteiger partial charge in [0.25, 0.3) is 0 Å². The van der Waals surface area contributed by atoms with Crippen LogP contribution in [0.3, 0.4) is 0 Å². The Labute approximate surface area is 98.2 Å². The highest BCUT2D eigenvalue weighted by Gasteiger charge is 2.04. The number of phenols is 2. The number of anilines is 1. The van der Waals surface area contributed by atoms with Crippen LogP contribution in [0.25, 0.3) is 0 Å². The van der Waals surface area contributed by atoms with E-state index in [9.17, 15) is 9.50 Å². The third-order valence-corrected chi connectivity index (χ3v) is 2.41. The average Bonchev–Trinajstić information content (AvgIpc) is 2.30. The predicted molar refractivity (Wildman–Crippen MR) is 63.5 cm³/mol. The van der Waals surface area contributed by atoms with Gasteiger partial charge in [0, 0.05) is 18.2 Å². The molecule has 0 amide bonds. The first-order chi connectivity index (χ1) is 8.16. The van der Waals surface area contributed by atoms with E-state index in [4.69, 9.17) is 5.11 Å². The first kappa shape index (κ1) is 11.3. The van der Waals surface area contributed by atoms with Gasteiger partial charge in [-0.15, -0.1) is 0 Å². The highest BCUT2D eigenvalue weighted by atomic mass is 19.1. The fourth-order valence-electron chi connectivity index (χ4n) is 1.50. The number of phenolic OH excluding ortho intramolecular Hbond substituents is 2. The molecular formula is C13H12FNO2. The summed E-state index contributed by atoms with van der Waals surface area (Å²) < 4.78 is 13.3. The van der Waals surface area contributed by atoms with E-state index in [0.29, 0.717) is 11.3 Å². The van der Waals surface area contributed by atoms with E-state index in [1.807, 2.05) is 0 Å². The van der Waals surface area contributed by atoms with Crippen molar-refractivity contribution in [3.63, 3.8) is 0 Å². The number of aromatic hydroxyl groups is 2. The van der Waals surface area contributed by atoms with Crippen LogP contribution in [0.2, 0.25) is 0 Å². The molecule has 0 saturated heterocycles. The first-order valence-corrected chi connectivity index (χ1v) is 5.16. The largest absolute Gasteiger partial charge is 0.508 e. The van der Waals surface area contributed by atoms with Crippen molar-refractivity contribution in [2.75, 3.05) is 5.32 Å². The highest BCUT2D eigenvalue weighted by Crippen LogP contribution is 2.23. The van der Waals surface area contributed by atoms with Crippen molar-refractivity contribution in [1.29, 1.82) is 0 Å². The molecule has 3 nitrogen and oxygen atoms in total. The molecule has 0 bridgehead atoms. The molecule has 0 spiro atoms. The van der Waals surface area contributed by atoms with Crippen LogP contribution in [-0.2, 0) is 6.54 Å². The van der Waals surface area contributed by atoms with Gasteiger partial charge in [0.1, 0.15) is 17.3 Å². The Bertz CT molecular complexity index is 529. The number of hydrogen-bond acceptors (Lipinski definition) is 3. The van der Waals surface area contributed by atoms with E-state index in [1.54, 1.807) is 24.3 Å². The van der Waals surface area contributed by atoms with Gasteiger partial charge >= 0.3 is 0 Å². The van der Waals surface area contributed by atoms with Crippen molar-refractivity contribution < 1.29 is 14.6 Å². The zero-order valence-electron chi connectivity index (χ0n) is 9.02. The van der Waals surface area contributed by atoms with Crippen molar-refractivity contribution in [3.8, 4) is 11.5 Å². The summed E-state index contributed by atoms with van der Waals surface area (Å²) in [4.78, 5) is 0. The molecule has 88 valence electrons. The van der Waals surface area contributed by atoms with E-state index in [0.717, 1.165) is 0 Å². The van der Waals surface area contributed by atoms with Crippen LogP contribution in [0, 0.1) is 5.82 Å². The Kier molecular flexibility index (Phi) is 3.14. The Morgan fingerprint density at radius 3 is 2.53 bits per heavy atom. The second-order valence-electron chi connectivity index (χ2n) is 3.65. The number of halogens is 1. The molecule has 2 rings (SSSR count). The summed E-state index contributed by atoms with van der Waals surface area (Å²) in [5.41, 5.74) is 0.964. The second-order valence-corrected chi connectivity index (χ2v) is 3.65. The van der Waals surface area contributed by atoms with E-state index in [1.165, 1.54) is 18.2 Å². The Morgan fingerprint density at radius 2 is 1.82 bits per heavy atom. The van der Waals surface area contributed by atoms with E-state index >= 15 is 0 Å². The van der Waals surface area contributed by atoms with Crippen LogP contribution in [0.4, 0.5) is 10.1 Å². The molecule has 4 heteroatoms. The second kappa shape index (κ2) is 4.74. The van der Waals surface area contributed by atoms with Gasteiger partial charge in [-0.2, -0.15) is 0 Å². The topological polar surface area (TPSA) is 52.5 Å². The number of benzene rings is 2. The Hall–Kier alpha value is -2.23. The van der Waals surface area contributed by atoms with Crippen molar-refractivity contribution in [1.82, 2.24) is 0 Å². The maximum absolute atomic E-state index is 13.3. The van der Waals surface area contributed by atoms with Crippen molar-refractivity contribution in [3.05, 3.63) is 53.8 Å². The van der Waals surface area contributed by atoms with Gasteiger partial charge in [0.05, 0.1) is 5.69 Å². The van der Waals surface area contributed by atoms with Crippen LogP contribution in [0.5, 0.6) is 11.5 Å². The lowest BCUT2D eigenvalue weighted by Crippen LogP contribution is -2.01. The lowest BCUT2D eigenvalue weighted by Gasteiger charge is -2.09. The van der Waals surface area contributed by atoms with Crippen molar-refractivity contribution in [2.24, 2.45) is 0 Å². The molecule has 0 fully saturated rings. The van der Waals surface area contributed by atoms with Crippen molar-refractivity contribution >= 4 is 5.69 Å². The minimum absolute atomic E-state index is 0.00265. The third-order valence-electron chi connectivity index (χ3n) is 2.41. The molecule has 0 atom stereocenters. The smallest absolute Gasteiger partial charge is 0.146 e. The van der Waals surface area contributed by atoms with Gasteiger partial charge in [-0.1, -0.05) is 12.1 Å². The average molecular weight is 233 g/mol. The van der Waals surface area contributed by atoms with E-state index in [2.05, 4.69) is 5.32 Å². The summed E-state index contributed by atoms with van der Waals surface area (Å²) in [7, 11) is 0. The molecule has 0 aliphatic rings. The molecule has 2 aromatic rings. The highest BCUT2D eigenvalue weighted by molar-refractivity contribution is 5.47. The minimum atomic E-state index is -0.342. The fourth-order valence-corrected chi connectivity index (χ4v) is 1.50. The van der Waals surface area contributed by atoms with Gasteiger partial charge in [0.2, 0.25) is 0 Å². The molecule has 0 heterocycles. The van der Waals surface area contributed by atoms with Crippen LogP contribution in [0.1, 0.15) is 5.56 Å². The third kappa shape index (κ3) is 2.66. The summed E-state index contributed by atoms with van der Waals surface area (Å²) in [6.07, 6.45) is 0. The van der Waals surface area contributed by atoms with Crippen LogP contribution in [-0.4, -0.2) is 10.2 Å². The van der Waals surface area contributed by atoms with Crippen LogP contribution in [0.15, 0.2) is 42.5 Å². The molecule has 0 unspecified atom stereocenters. The molecule has 3 N–H and O–H groups in total. The fraction of sp³-hybridized carbons (Fsp3) is 0.0769. The van der Waals surface area contributed by atoms with Gasteiger partial charge < -0.3 is 15.5 Å². The summed E-state index contributed by atoms with van der Waals surface area (Å²) in [6.45, 7) is 0.285. The van der Waals surface area contributed by atoms with Gasteiger partial charge in [-0.3, -0.25) is 0 Å². The minimum Gasteiger partial charge on any atom is -0.508 e. The first-order valence-electron chi connectivity index (χ1n) is 5.16. The Balaban J connectivity index is 2.10. The normalized spacial score (nSPS) is 10.2. The molecule has 0 aliphatic carbocycles. The van der Waals surface area contributed by atoms with Crippen LogP contribution >= 0.6 is 0 Å². The molecule has 0 saturated carbocycles. The van der Waals surface area contributed by atoms with Gasteiger partial charge in [-0.25, -0.2) is 4.39 Å². The summed E-state index contributed by atoms with van der Waals surface area (Å²) in [5, 5.41) is 21.5. The molecule has 0 radical (unpaired) electrons. The van der Waals surface area contributed by atoms with E-state index < -0.39 is 0 Å². The number of para-hydroxylation sites is 1. The molecule has 2 aromatic carbocycles. The quantitative estimate of drug-likeness (QED) is 0.764. The number of rotatable bonds is 3. The maximum Gasteiger partial charge on any atom is 0.146 e. The molecule has 0 aliphatic heterocycles. The number of nitrogens with one attached hydrogen (secondary N) is 1. The lowest BCUT2D eigenvalue weighted by molar-refractivity contribution is 0.446. The zero-order valence-corrected chi connectivity index (χ0v) is 9.02. The SMILES string of the molecule is Oc1ccc(CNc2ccccc2F)c(O)c1. The summed E-state index contributed by atoms with van der Waals surface area (Å²) >= 11 is 0. The predicted octanol–water partition coefficient (Wildman–Crippen LogP) is 2.85. The van der Waals surface area contributed by atoms with Gasteiger partial charge in [0.15, 0.2) is 0 Å². The lowest BCUT2D eigenvalue weighted by atomic mass is 10.2. The number of hydrogen-bond donors (Lipinski definition) is 3. The molecular weight excluding hydrogens is 221 g/mol. The van der Waals surface area contributed by atoms with E-state index in [-0.39, 0.29) is 23.9 Å². The standard InChI is InChI=1S/C13H12FNO2/c14-11-3-1-2-4-12(11)15-8-9-5-6-10(16)7-13(9)17/h1-7,15-17H,8H2. The van der Waals surface area contributed by atoms with Crippen LogP contribution < -0.4 is 5.32 Å². The van der Waals surface area contributed by atoms with Gasteiger partial charge in [-0.05, 0) is 24.3 Å². The van der Waals surface area contributed by atoms with Crippen molar-refractivity contribution in [2.45, 2.75) is 6.54 Å². The zero-order chi connectivity index (χ0) is 12.3. The summed E-state index contributed by atoms with van der Waals surface area (Å²) in [5.74, 6) is -0.364. The molecule has 0 aromatic heterocycles.